The number of carbonyl (C=O) groups is 4. The molecule has 0 aromatic carbocycles. The Balaban J connectivity index is 1.34. The van der Waals surface area contributed by atoms with Crippen LogP contribution < -0.4 is 0 Å². The van der Waals surface area contributed by atoms with Gasteiger partial charge in [0.2, 0.25) is 5.79 Å². The van der Waals surface area contributed by atoms with Crippen molar-refractivity contribution in [3.63, 3.8) is 0 Å². The summed E-state index contributed by atoms with van der Waals surface area (Å²) >= 11 is 0. The summed E-state index contributed by atoms with van der Waals surface area (Å²) in [4.78, 5) is 55.6. The predicted molar refractivity (Wildman–Crippen MR) is 122 cm³/mol. The summed E-state index contributed by atoms with van der Waals surface area (Å²) in [5, 5.41) is 12.4. The molecule has 9 rings (SSSR count). The minimum Gasteiger partial charge on any atom is -0.458 e. The fraction of sp³-hybridized carbons (Fsp3) is 0.786. The number of fused-ring (bicyclic) bond motifs is 4. The smallest absolute Gasteiger partial charge is 0.342 e. The standard InChI is InChI=1S/C28H30O10/c1-22-10-17-24(3)28-18(22)19(30)27(38-28,34-11-14(22)20(31)35-17)13-9-16-26(36-16)7-4-5-15(29)23(26,2)12(13)6-8-25(28,33)21(32)37-24/h4-5,12-14,16-18,33H,6-11H2,1-3H3/t12-,13+,14-,16+,17-,18?,22-,23-,24-,25-,26+,27?,28?/m0/s1. The van der Waals surface area contributed by atoms with Crippen LogP contribution in [-0.2, 0) is 42.9 Å². The monoisotopic (exact) mass is 526 g/mol. The zero-order chi connectivity index (χ0) is 26.5. The third-order valence-corrected chi connectivity index (χ3v) is 12.9. The van der Waals surface area contributed by atoms with Crippen LogP contribution in [0.1, 0.15) is 52.9 Å². The van der Waals surface area contributed by atoms with Gasteiger partial charge in [-0.05, 0) is 63.4 Å². The van der Waals surface area contributed by atoms with E-state index in [1.807, 2.05) is 19.9 Å². The van der Waals surface area contributed by atoms with Crippen molar-refractivity contribution in [3.8, 4) is 0 Å². The van der Waals surface area contributed by atoms with Crippen LogP contribution in [0.2, 0.25) is 0 Å². The van der Waals surface area contributed by atoms with Gasteiger partial charge in [-0.3, -0.25) is 14.4 Å². The van der Waals surface area contributed by atoms with E-state index in [4.69, 9.17) is 23.7 Å². The second kappa shape index (κ2) is 5.82. The normalized spacial score (nSPS) is 64.1. The first-order valence-corrected chi connectivity index (χ1v) is 13.8. The largest absolute Gasteiger partial charge is 0.458 e. The minimum atomic E-state index is -2.19. The number of hydrogen-bond donors (Lipinski definition) is 1. The number of hydrogen-bond acceptors (Lipinski definition) is 10. The summed E-state index contributed by atoms with van der Waals surface area (Å²) in [6.07, 6.45) is 3.82. The van der Waals surface area contributed by atoms with Crippen molar-refractivity contribution in [1.29, 1.82) is 0 Å². The molecule has 0 aromatic heterocycles. The molecule has 13 atom stereocenters. The van der Waals surface area contributed by atoms with Crippen molar-refractivity contribution in [1.82, 2.24) is 0 Å². The number of epoxide rings is 1. The molecular formula is C28H30O10. The first kappa shape index (κ1) is 22.7. The van der Waals surface area contributed by atoms with Gasteiger partial charge in [0, 0.05) is 5.92 Å². The number of ether oxygens (including phenoxy) is 5. The molecular weight excluding hydrogens is 496 g/mol. The van der Waals surface area contributed by atoms with Crippen LogP contribution >= 0.6 is 0 Å². The van der Waals surface area contributed by atoms with Crippen LogP contribution in [0.15, 0.2) is 12.2 Å². The third kappa shape index (κ3) is 1.79. The fourth-order valence-corrected chi connectivity index (χ4v) is 10.9. The van der Waals surface area contributed by atoms with Gasteiger partial charge in [0.15, 0.2) is 28.4 Å². The molecule has 3 unspecified atom stereocenters. The van der Waals surface area contributed by atoms with E-state index in [2.05, 4.69) is 0 Å². The SMILES string of the molecule is C[C@]12OC(=O)[C@@]3(O)CC[C@H]4[C@@H](C[C@H]5O[C@]56CC=CC(=O)[C@]46C)C45OC[C@H]6C(=O)O[C@H]1C[C@]6(C)C(C4=O)C23O5. The Morgan fingerprint density at radius 1 is 1.05 bits per heavy atom. The van der Waals surface area contributed by atoms with Crippen molar-refractivity contribution in [3.05, 3.63) is 12.2 Å². The molecule has 3 spiro atoms. The number of rotatable bonds is 0. The molecule has 10 nitrogen and oxygen atoms in total. The fourth-order valence-electron chi connectivity index (χ4n) is 10.9. The van der Waals surface area contributed by atoms with Crippen molar-refractivity contribution in [2.24, 2.45) is 34.5 Å². The van der Waals surface area contributed by atoms with Gasteiger partial charge in [0.05, 0.1) is 30.0 Å². The molecule has 10 heteroatoms. The Morgan fingerprint density at radius 3 is 2.63 bits per heavy atom. The Bertz CT molecular complexity index is 1340. The number of ketones is 2. The molecule has 6 aliphatic heterocycles. The maximum Gasteiger partial charge on any atom is 0.342 e. The molecule has 6 saturated heterocycles. The van der Waals surface area contributed by atoms with E-state index < -0.39 is 80.7 Å². The number of Topliss-reactive ketones (excluding diaryl/α,β-unsaturated/α-hetero) is 1. The van der Waals surface area contributed by atoms with Gasteiger partial charge in [-0.25, -0.2) is 4.79 Å². The lowest BCUT2D eigenvalue weighted by atomic mass is 9.46. The summed E-state index contributed by atoms with van der Waals surface area (Å²) in [7, 11) is 0. The molecule has 38 heavy (non-hydrogen) atoms. The highest BCUT2D eigenvalue weighted by Crippen LogP contribution is 2.77. The highest BCUT2D eigenvalue weighted by atomic mass is 16.8. The molecule has 2 saturated carbocycles. The lowest BCUT2D eigenvalue weighted by Crippen LogP contribution is -2.79. The molecule has 0 amide bonds. The van der Waals surface area contributed by atoms with E-state index in [0.29, 0.717) is 12.8 Å². The number of esters is 2. The van der Waals surface area contributed by atoms with Gasteiger partial charge in [0.1, 0.15) is 11.7 Å². The van der Waals surface area contributed by atoms with E-state index in [-0.39, 0.29) is 43.5 Å². The van der Waals surface area contributed by atoms with Crippen molar-refractivity contribution < 1.29 is 48.0 Å². The Hall–Kier alpha value is -2.14. The first-order valence-electron chi connectivity index (χ1n) is 13.8. The summed E-state index contributed by atoms with van der Waals surface area (Å²) < 4.78 is 31.5. The van der Waals surface area contributed by atoms with Gasteiger partial charge in [0.25, 0.3) is 0 Å². The van der Waals surface area contributed by atoms with Crippen LogP contribution in [0, 0.1) is 34.5 Å². The highest BCUT2D eigenvalue weighted by Gasteiger charge is 2.94. The average molecular weight is 527 g/mol. The highest BCUT2D eigenvalue weighted by molar-refractivity contribution is 6.00. The predicted octanol–water partition coefficient (Wildman–Crippen LogP) is 0.768. The molecule has 0 aromatic rings. The van der Waals surface area contributed by atoms with Crippen LogP contribution in [0.4, 0.5) is 0 Å². The molecule has 202 valence electrons. The van der Waals surface area contributed by atoms with Crippen LogP contribution in [0.25, 0.3) is 0 Å². The quantitative estimate of drug-likeness (QED) is 0.356. The Morgan fingerprint density at radius 2 is 1.84 bits per heavy atom. The second-order valence-electron chi connectivity index (χ2n) is 13.8. The van der Waals surface area contributed by atoms with E-state index in [9.17, 15) is 24.3 Å². The summed E-state index contributed by atoms with van der Waals surface area (Å²) in [5.74, 6) is -6.56. The third-order valence-electron chi connectivity index (χ3n) is 12.9. The topological polar surface area (TPSA) is 138 Å². The van der Waals surface area contributed by atoms with Gasteiger partial charge in [-0.15, -0.1) is 0 Å². The number of carbonyl (C=O) groups excluding carboxylic acids is 4. The van der Waals surface area contributed by atoms with Gasteiger partial charge < -0.3 is 28.8 Å². The average Bonchev–Trinajstić information content (AvgIpc) is 3.45. The maximum absolute atomic E-state index is 14.9. The molecule has 5 bridgehead atoms. The van der Waals surface area contributed by atoms with E-state index in [1.54, 1.807) is 13.0 Å². The van der Waals surface area contributed by atoms with Crippen molar-refractivity contribution in [2.75, 3.05) is 6.61 Å². The minimum absolute atomic E-state index is 0.0583. The Kier molecular flexibility index (Phi) is 3.47. The van der Waals surface area contributed by atoms with Crippen molar-refractivity contribution >= 4 is 23.5 Å². The summed E-state index contributed by atoms with van der Waals surface area (Å²) in [6, 6.07) is 0. The van der Waals surface area contributed by atoms with E-state index >= 15 is 0 Å². The molecule has 9 aliphatic rings. The van der Waals surface area contributed by atoms with Crippen LogP contribution in [0.3, 0.4) is 0 Å². The molecule has 6 heterocycles. The van der Waals surface area contributed by atoms with Gasteiger partial charge in [-0.1, -0.05) is 13.0 Å². The number of aliphatic hydroxyl groups is 1. The van der Waals surface area contributed by atoms with Crippen LogP contribution in [-0.4, -0.2) is 75.6 Å². The van der Waals surface area contributed by atoms with Crippen molar-refractivity contribution in [2.45, 2.75) is 93.3 Å². The number of allylic oxidation sites excluding steroid dienone is 1. The molecule has 8 fully saturated rings. The summed E-state index contributed by atoms with van der Waals surface area (Å²) in [6.45, 7) is 5.27. The first-order chi connectivity index (χ1) is 17.9. The maximum atomic E-state index is 14.9. The second-order valence-corrected chi connectivity index (χ2v) is 13.8. The van der Waals surface area contributed by atoms with Gasteiger partial charge >= 0.3 is 11.9 Å². The molecule has 0 radical (unpaired) electrons. The zero-order valence-electron chi connectivity index (χ0n) is 21.5. The van der Waals surface area contributed by atoms with E-state index in [0.717, 1.165) is 0 Å². The Labute approximate surface area is 218 Å². The van der Waals surface area contributed by atoms with E-state index in [1.165, 1.54) is 0 Å². The summed E-state index contributed by atoms with van der Waals surface area (Å²) in [5.41, 5.74) is -8.23. The molecule has 3 aliphatic carbocycles. The lowest BCUT2D eigenvalue weighted by Gasteiger charge is -2.63. The van der Waals surface area contributed by atoms with Crippen LogP contribution in [0.5, 0.6) is 0 Å². The van der Waals surface area contributed by atoms with Gasteiger partial charge in [-0.2, -0.15) is 0 Å². The lowest BCUT2D eigenvalue weighted by molar-refractivity contribution is -0.375. The molecule has 1 N–H and O–H groups in total. The zero-order valence-corrected chi connectivity index (χ0v) is 21.5.